The Balaban J connectivity index is 2.91. The molecule has 0 spiro atoms. The average Bonchev–Trinajstić information content (AvgIpc) is 2.43. The topological polar surface area (TPSA) is 99.1 Å². The van der Waals surface area contributed by atoms with Gasteiger partial charge in [-0.15, -0.1) is 0 Å². The minimum atomic E-state index is -3.63. The van der Waals surface area contributed by atoms with Crippen LogP contribution in [0, 0.1) is 17.2 Å². The lowest BCUT2D eigenvalue weighted by Gasteiger charge is -2.11. The van der Waals surface area contributed by atoms with Crippen LogP contribution >= 0.6 is 0 Å². The molecule has 7 heteroatoms. The van der Waals surface area contributed by atoms with Crippen LogP contribution in [-0.2, 0) is 10.0 Å². The normalized spacial score (nSPS) is 12.7. The van der Waals surface area contributed by atoms with Crippen molar-refractivity contribution in [2.45, 2.75) is 31.7 Å². The second-order valence-electron chi connectivity index (χ2n) is 5.04. The van der Waals surface area contributed by atoms with Gasteiger partial charge in [0.15, 0.2) is 0 Å². The van der Waals surface area contributed by atoms with Crippen LogP contribution in [0.1, 0.15) is 31.1 Å². The minimum absolute atomic E-state index is 0.0391. The predicted octanol–water partition coefficient (Wildman–Crippen LogP) is 1.26. The number of sulfonamides is 1. The summed E-state index contributed by atoms with van der Waals surface area (Å²) >= 11 is 0. The third kappa shape index (κ3) is 5.17. The summed E-state index contributed by atoms with van der Waals surface area (Å²) in [5, 5.41) is 11.3. The zero-order valence-electron chi connectivity index (χ0n) is 12.3. The molecule has 0 saturated carbocycles. The van der Waals surface area contributed by atoms with Crippen LogP contribution in [0.3, 0.4) is 0 Å². The van der Waals surface area contributed by atoms with E-state index in [4.69, 9.17) is 5.26 Å². The molecule has 1 amide bonds. The molecule has 0 aromatic heterocycles. The first kappa shape index (κ1) is 17.1. The summed E-state index contributed by atoms with van der Waals surface area (Å²) in [6, 6.07) is 7.56. The smallest absolute Gasteiger partial charge is 0.251 e. The number of amides is 1. The van der Waals surface area contributed by atoms with Gasteiger partial charge in [0.1, 0.15) is 0 Å². The Morgan fingerprint density at radius 2 is 2.00 bits per heavy atom. The summed E-state index contributed by atoms with van der Waals surface area (Å²) in [7, 11) is -3.63. The van der Waals surface area contributed by atoms with E-state index in [9.17, 15) is 13.2 Å². The first-order valence-electron chi connectivity index (χ1n) is 6.56. The van der Waals surface area contributed by atoms with E-state index >= 15 is 0 Å². The summed E-state index contributed by atoms with van der Waals surface area (Å²) in [6.07, 6.45) is 0. The van der Waals surface area contributed by atoms with Gasteiger partial charge >= 0.3 is 0 Å². The molecular weight excluding hydrogens is 290 g/mol. The van der Waals surface area contributed by atoms with Crippen molar-refractivity contribution >= 4 is 15.9 Å². The van der Waals surface area contributed by atoms with Gasteiger partial charge in [0.2, 0.25) is 10.0 Å². The molecule has 0 heterocycles. The monoisotopic (exact) mass is 309 g/mol. The van der Waals surface area contributed by atoms with Gasteiger partial charge in [-0.25, -0.2) is 13.1 Å². The molecule has 6 nitrogen and oxygen atoms in total. The van der Waals surface area contributed by atoms with Gasteiger partial charge in [0, 0.05) is 18.2 Å². The van der Waals surface area contributed by atoms with E-state index < -0.39 is 15.9 Å². The molecule has 21 heavy (non-hydrogen) atoms. The number of nitrogens with one attached hydrogen (secondary N) is 2. The van der Waals surface area contributed by atoms with Gasteiger partial charge in [-0.1, -0.05) is 6.07 Å². The molecule has 1 unspecified atom stereocenters. The summed E-state index contributed by atoms with van der Waals surface area (Å²) in [6.45, 7) is 5.35. The van der Waals surface area contributed by atoms with Crippen LogP contribution in [-0.4, -0.2) is 26.9 Å². The van der Waals surface area contributed by atoms with E-state index in [-0.39, 0.29) is 29.0 Å². The Hall–Kier alpha value is -1.91. The second-order valence-corrected chi connectivity index (χ2v) is 6.76. The lowest BCUT2D eigenvalue weighted by Crippen LogP contribution is -2.31. The summed E-state index contributed by atoms with van der Waals surface area (Å²) < 4.78 is 26.5. The Kier molecular flexibility index (Phi) is 5.88. The maximum absolute atomic E-state index is 12.0. The molecule has 0 saturated heterocycles. The Bertz CT molecular complexity index is 648. The summed E-state index contributed by atoms with van der Waals surface area (Å²) in [5.74, 6) is -0.706. The van der Waals surface area contributed by atoms with Crippen LogP contribution in [0.5, 0.6) is 0 Å². The molecule has 114 valence electrons. The van der Waals surface area contributed by atoms with Crippen molar-refractivity contribution in [1.29, 1.82) is 5.26 Å². The fraction of sp³-hybridized carbons (Fsp3) is 0.429. The van der Waals surface area contributed by atoms with E-state index in [2.05, 4.69) is 10.0 Å². The van der Waals surface area contributed by atoms with Crippen LogP contribution in [0.2, 0.25) is 0 Å². The van der Waals surface area contributed by atoms with Crippen molar-refractivity contribution in [1.82, 2.24) is 10.0 Å². The van der Waals surface area contributed by atoms with Crippen molar-refractivity contribution in [2.75, 3.05) is 6.54 Å². The molecule has 1 atom stereocenters. The van der Waals surface area contributed by atoms with Gasteiger partial charge in [0.25, 0.3) is 5.91 Å². The largest absolute Gasteiger partial charge is 0.351 e. The molecule has 0 fully saturated rings. The van der Waals surface area contributed by atoms with Crippen molar-refractivity contribution in [3.8, 4) is 6.07 Å². The van der Waals surface area contributed by atoms with Gasteiger partial charge in [-0.3, -0.25) is 4.79 Å². The standard InChI is InChI=1S/C14H19N3O3S/c1-10(2)17-21(19,20)13-6-4-5-12(7-13)14(18)16-9-11(3)8-15/h4-7,10-11,17H,9H2,1-3H3,(H,16,18). The van der Waals surface area contributed by atoms with E-state index in [1.54, 1.807) is 20.8 Å². The van der Waals surface area contributed by atoms with Crippen LogP contribution in [0.15, 0.2) is 29.2 Å². The number of hydrogen-bond donors (Lipinski definition) is 2. The highest BCUT2D eigenvalue weighted by molar-refractivity contribution is 7.89. The quantitative estimate of drug-likeness (QED) is 0.826. The van der Waals surface area contributed by atoms with E-state index in [0.717, 1.165) is 0 Å². The molecule has 2 N–H and O–H groups in total. The molecule has 0 aliphatic heterocycles. The van der Waals surface area contributed by atoms with Crippen LogP contribution in [0.25, 0.3) is 0 Å². The summed E-state index contributed by atoms with van der Waals surface area (Å²) in [4.78, 5) is 12.0. The van der Waals surface area contributed by atoms with Crippen molar-refractivity contribution in [3.63, 3.8) is 0 Å². The first-order chi connectivity index (χ1) is 9.76. The lowest BCUT2D eigenvalue weighted by atomic mass is 10.2. The number of carbonyl (C=O) groups excluding carboxylic acids is 1. The third-order valence-corrected chi connectivity index (χ3v) is 4.24. The fourth-order valence-electron chi connectivity index (χ4n) is 1.58. The Labute approximate surface area is 125 Å². The number of rotatable bonds is 6. The molecule has 0 aliphatic rings. The SMILES string of the molecule is CC(C#N)CNC(=O)c1cccc(S(=O)(=O)NC(C)C)c1. The highest BCUT2D eigenvalue weighted by Gasteiger charge is 2.17. The molecule has 0 bridgehead atoms. The number of carbonyl (C=O) groups is 1. The highest BCUT2D eigenvalue weighted by Crippen LogP contribution is 2.12. The molecule has 1 aromatic carbocycles. The number of nitrogens with zero attached hydrogens (tertiary/aromatic N) is 1. The van der Waals surface area contributed by atoms with Gasteiger partial charge in [-0.05, 0) is 39.0 Å². The third-order valence-electron chi connectivity index (χ3n) is 2.59. The zero-order valence-corrected chi connectivity index (χ0v) is 13.1. The van der Waals surface area contributed by atoms with Gasteiger partial charge < -0.3 is 5.32 Å². The van der Waals surface area contributed by atoms with Crippen molar-refractivity contribution in [2.24, 2.45) is 5.92 Å². The lowest BCUT2D eigenvalue weighted by molar-refractivity contribution is 0.0950. The molecule has 1 aromatic rings. The maximum atomic E-state index is 12.0. The number of hydrogen-bond acceptors (Lipinski definition) is 4. The van der Waals surface area contributed by atoms with E-state index in [1.165, 1.54) is 24.3 Å². The highest BCUT2D eigenvalue weighted by atomic mass is 32.2. The minimum Gasteiger partial charge on any atom is -0.351 e. The fourth-order valence-corrected chi connectivity index (χ4v) is 2.87. The maximum Gasteiger partial charge on any atom is 0.251 e. The van der Waals surface area contributed by atoms with Crippen LogP contribution in [0.4, 0.5) is 0 Å². The predicted molar refractivity (Wildman–Crippen MR) is 79.0 cm³/mol. The zero-order chi connectivity index (χ0) is 16.0. The van der Waals surface area contributed by atoms with E-state index in [0.29, 0.717) is 0 Å². The van der Waals surface area contributed by atoms with E-state index in [1.807, 2.05) is 6.07 Å². The van der Waals surface area contributed by atoms with Gasteiger partial charge in [-0.2, -0.15) is 5.26 Å². The van der Waals surface area contributed by atoms with Crippen molar-refractivity contribution in [3.05, 3.63) is 29.8 Å². The second kappa shape index (κ2) is 7.20. The Morgan fingerprint density at radius 3 is 2.57 bits per heavy atom. The Morgan fingerprint density at radius 1 is 1.33 bits per heavy atom. The average molecular weight is 309 g/mol. The molecular formula is C14H19N3O3S. The van der Waals surface area contributed by atoms with Crippen LogP contribution < -0.4 is 10.0 Å². The molecule has 1 rings (SSSR count). The first-order valence-corrected chi connectivity index (χ1v) is 8.05. The van der Waals surface area contributed by atoms with Crippen molar-refractivity contribution < 1.29 is 13.2 Å². The number of nitriles is 1. The summed E-state index contributed by atoms with van der Waals surface area (Å²) in [5.41, 5.74) is 0.242. The van der Waals surface area contributed by atoms with Gasteiger partial charge in [0.05, 0.1) is 16.9 Å². The molecule has 0 radical (unpaired) electrons. The molecule has 0 aliphatic carbocycles. The number of benzene rings is 1.